The van der Waals surface area contributed by atoms with Crippen molar-refractivity contribution in [3.63, 3.8) is 0 Å². The molecule has 0 aliphatic rings. The molecule has 0 bridgehead atoms. The molecule has 0 spiro atoms. The quantitative estimate of drug-likeness (QED) is 0.434. The Morgan fingerprint density at radius 3 is 2.37 bits per heavy atom. The number of carbonyl (C=O) groups is 1. The number of carbonyl (C=O) groups excluding carboxylic acids is 1. The summed E-state index contributed by atoms with van der Waals surface area (Å²) in [5.74, 6) is -0.826. The Morgan fingerprint density at radius 1 is 1.30 bits per heavy atom. The molecule has 2 aromatic rings. The van der Waals surface area contributed by atoms with Crippen molar-refractivity contribution in [2.75, 3.05) is 5.73 Å². The Labute approximate surface area is 154 Å². The van der Waals surface area contributed by atoms with Crippen molar-refractivity contribution >= 4 is 17.3 Å². The molecule has 146 valence electrons. The summed E-state index contributed by atoms with van der Waals surface area (Å²) in [6.45, 7) is 6.50. The van der Waals surface area contributed by atoms with Crippen molar-refractivity contribution in [1.82, 2.24) is 18.9 Å². The van der Waals surface area contributed by atoms with Crippen LogP contribution in [0.3, 0.4) is 0 Å². The Morgan fingerprint density at radius 2 is 1.89 bits per heavy atom. The van der Waals surface area contributed by atoms with E-state index in [0.29, 0.717) is 0 Å². The van der Waals surface area contributed by atoms with Crippen LogP contribution >= 0.6 is 0 Å². The third-order valence-electron chi connectivity index (χ3n) is 4.23. The fraction of sp³-hybridized carbons (Fsp3) is 0.500. The summed E-state index contributed by atoms with van der Waals surface area (Å²) in [6, 6.07) is 0. The third-order valence-corrected chi connectivity index (χ3v) is 4.23. The first-order valence-electron chi connectivity index (χ1n) is 8.28. The number of hydrogen-bond donors (Lipinski definition) is 1. The van der Waals surface area contributed by atoms with Crippen LogP contribution in [0.25, 0.3) is 0 Å². The predicted octanol–water partition coefficient (Wildman–Crippen LogP) is 0.390. The van der Waals surface area contributed by atoms with Crippen LogP contribution in [0.5, 0.6) is 0 Å². The highest BCUT2D eigenvalue weighted by Gasteiger charge is 2.26. The first-order chi connectivity index (χ1) is 12.5. The average Bonchev–Trinajstić information content (AvgIpc) is 2.83. The molecule has 0 unspecified atom stereocenters. The van der Waals surface area contributed by atoms with Gasteiger partial charge in [0.15, 0.2) is 5.78 Å². The van der Waals surface area contributed by atoms with Gasteiger partial charge in [0.25, 0.3) is 5.56 Å². The van der Waals surface area contributed by atoms with Gasteiger partial charge in [-0.05, 0) is 19.8 Å². The van der Waals surface area contributed by atoms with Gasteiger partial charge in [-0.15, -0.1) is 0 Å². The molecule has 0 fully saturated rings. The average molecular weight is 378 g/mol. The Bertz CT molecular complexity index is 1040. The molecule has 0 aliphatic carbocycles. The number of hydrogen-bond acceptors (Lipinski definition) is 7. The minimum atomic E-state index is -0.807. The number of ketones is 1. The molecule has 0 radical (unpaired) electrons. The van der Waals surface area contributed by atoms with Gasteiger partial charge in [0.05, 0.1) is 4.92 Å². The predicted molar refractivity (Wildman–Crippen MR) is 97.9 cm³/mol. The Kier molecular flexibility index (Phi) is 5.33. The Hall–Kier alpha value is -3.24. The maximum atomic E-state index is 12.8. The highest BCUT2D eigenvalue weighted by molar-refractivity contribution is 5.99. The van der Waals surface area contributed by atoms with Gasteiger partial charge in [0, 0.05) is 13.6 Å². The lowest BCUT2D eigenvalue weighted by atomic mass is 10.1. The number of nitrogens with two attached hydrogens (primary N) is 1. The fourth-order valence-corrected chi connectivity index (χ4v) is 2.91. The van der Waals surface area contributed by atoms with Crippen LogP contribution in [0.1, 0.15) is 35.6 Å². The minimum Gasteiger partial charge on any atom is -0.384 e. The zero-order valence-corrected chi connectivity index (χ0v) is 15.8. The van der Waals surface area contributed by atoms with Crippen molar-refractivity contribution in [2.24, 2.45) is 13.0 Å². The van der Waals surface area contributed by atoms with Gasteiger partial charge in [-0.3, -0.25) is 33.5 Å². The highest BCUT2D eigenvalue weighted by atomic mass is 16.6. The first-order valence-corrected chi connectivity index (χ1v) is 8.28. The lowest BCUT2D eigenvalue weighted by molar-refractivity contribution is -0.386. The summed E-state index contributed by atoms with van der Waals surface area (Å²) in [5, 5.41) is 15.1. The summed E-state index contributed by atoms with van der Waals surface area (Å²) in [7, 11) is 1.27. The maximum Gasteiger partial charge on any atom is 0.332 e. The van der Waals surface area contributed by atoms with Crippen LogP contribution in [0.15, 0.2) is 9.59 Å². The van der Waals surface area contributed by atoms with Gasteiger partial charge in [0.2, 0.25) is 0 Å². The summed E-state index contributed by atoms with van der Waals surface area (Å²) in [5.41, 5.74) is 4.40. The summed E-state index contributed by atoms with van der Waals surface area (Å²) < 4.78 is 3.17. The molecule has 2 rings (SSSR count). The van der Waals surface area contributed by atoms with Crippen LogP contribution in [0, 0.1) is 29.9 Å². The summed E-state index contributed by atoms with van der Waals surface area (Å²) in [4.78, 5) is 48.0. The van der Waals surface area contributed by atoms with Crippen LogP contribution in [-0.4, -0.2) is 29.6 Å². The van der Waals surface area contributed by atoms with E-state index in [2.05, 4.69) is 5.10 Å². The lowest BCUT2D eigenvalue weighted by Gasteiger charge is -2.16. The van der Waals surface area contributed by atoms with E-state index in [0.717, 1.165) is 9.25 Å². The molecule has 0 aliphatic heterocycles. The molecular formula is C16H22N6O5. The molecule has 11 heteroatoms. The van der Waals surface area contributed by atoms with Gasteiger partial charge >= 0.3 is 11.4 Å². The number of rotatable bonds is 6. The molecule has 0 saturated heterocycles. The molecular weight excluding hydrogens is 356 g/mol. The van der Waals surface area contributed by atoms with Gasteiger partial charge in [-0.25, -0.2) is 4.79 Å². The molecule has 0 aromatic carbocycles. The van der Waals surface area contributed by atoms with Crippen molar-refractivity contribution in [3.05, 3.63) is 47.9 Å². The molecule has 11 nitrogen and oxygen atoms in total. The normalized spacial score (nSPS) is 11.2. The molecule has 27 heavy (non-hydrogen) atoms. The van der Waals surface area contributed by atoms with E-state index in [1.54, 1.807) is 0 Å². The Balaban J connectivity index is 2.56. The molecule has 2 aromatic heterocycles. The number of anilines is 1. The van der Waals surface area contributed by atoms with Gasteiger partial charge in [-0.1, -0.05) is 13.8 Å². The van der Waals surface area contributed by atoms with Crippen LogP contribution in [-0.2, 0) is 20.1 Å². The van der Waals surface area contributed by atoms with Crippen molar-refractivity contribution in [1.29, 1.82) is 0 Å². The van der Waals surface area contributed by atoms with E-state index in [1.807, 2.05) is 13.8 Å². The van der Waals surface area contributed by atoms with E-state index in [-0.39, 0.29) is 40.9 Å². The minimum absolute atomic E-state index is 0.0594. The van der Waals surface area contributed by atoms with E-state index < -0.39 is 28.5 Å². The number of aromatic nitrogens is 4. The van der Waals surface area contributed by atoms with Crippen molar-refractivity contribution in [2.45, 2.75) is 40.8 Å². The molecule has 0 saturated carbocycles. The molecule has 2 N–H and O–H groups in total. The smallest absolute Gasteiger partial charge is 0.332 e. The molecule has 0 amide bonds. The van der Waals surface area contributed by atoms with Crippen molar-refractivity contribution < 1.29 is 9.72 Å². The number of Topliss-reactive ketones (excluding diaryl/α,β-unsaturated/α-hetero) is 1. The van der Waals surface area contributed by atoms with E-state index in [4.69, 9.17) is 5.73 Å². The fourth-order valence-electron chi connectivity index (χ4n) is 2.91. The second kappa shape index (κ2) is 7.17. The van der Waals surface area contributed by atoms with Crippen LogP contribution < -0.4 is 17.0 Å². The van der Waals surface area contributed by atoms with Gasteiger partial charge < -0.3 is 5.73 Å². The van der Waals surface area contributed by atoms with Crippen LogP contribution in [0.2, 0.25) is 0 Å². The van der Waals surface area contributed by atoms with Gasteiger partial charge in [0.1, 0.15) is 29.3 Å². The molecule has 0 atom stereocenters. The van der Waals surface area contributed by atoms with Gasteiger partial charge in [-0.2, -0.15) is 5.10 Å². The third kappa shape index (κ3) is 3.52. The largest absolute Gasteiger partial charge is 0.384 e. The van der Waals surface area contributed by atoms with Crippen LogP contribution in [0.4, 0.5) is 11.5 Å². The van der Waals surface area contributed by atoms with Crippen molar-refractivity contribution in [3.8, 4) is 0 Å². The van der Waals surface area contributed by atoms with E-state index >= 15 is 0 Å². The topological polar surface area (TPSA) is 148 Å². The number of aryl methyl sites for hydroxylation is 1. The SMILES string of the molecule is Cc1nn(CC(=O)c2c(N)n(CC(C)C)c(=O)n(C)c2=O)c(C)c1[N+](=O)[O-]. The second-order valence-corrected chi connectivity index (χ2v) is 6.77. The standard InChI is InChI=1S/C16H22N6O5/c1-8(2)6-20-14(17)12(15(24)19(5)16(20)25)11(23)7-21-10(4)13(22(26)27)9(3)18-21/h8H,6-7,17H2,1-5H3. The number of nitrogens with zero attached hydrogens (tertiary/aromatic N) is 5. The summed E-state index contributed by atoms with van der Waals surface area (Å²) in [6.07, 6.45) is 0. The molecule has 2 heterocycles. The first kappa shape index (κ1) is 20.1. The monoisotopic (exact) mass is 378 g/mol. The zero-order chi connectivity index (χ0) is 20.6. The zero-order valence-electron chi connectivity index (χ0n) is 15.8. The van der Waals surface area contributed by atoms with E-state index in [9.17, 15) is 24.5 Å². The van der Waals surface area contributed by atoms with E-state index in [1.165, 1.54) is 25.5 Å². The number of nitro groups is 1. The highest BCUT2D eigenvalue weighted by Crippen LogP contribution is 2.22. The lowest BCUT2D eigenvalue weighted by Crippen LogP contribution is -2.43. The summed E-state index contributed by atoms with van der Waals surface area (Å²) >= 11 is 0. The second-order valence-electron chi connectivity index (χ2n) is 6.77. The maximum absolute atomic E-state index is 12.8. The number of nitrogen functional groups attached to an aromatic ring is 1.